The Morgan fingerprint density at radius 2 is 2.00 bits per heavy atom. The molecule has 120 valence electrons. The van der Waals surface area contributed by atoms with Crippen molar-refractivity contribution in [3.8, 4) is 0 Å². The molecule has 0 atom stereocenters. The number of benzene rings is 1. The van der Waals surface area contributed by atoms with E-state index >= 15 is 0 Å². The van der Waals surface area contributed by atoms with E-state index in [1.807, 2.05) is 26.0 Å². The van der Waals surface area contributed by atoms with Gasteiger partial charge < -0.3 is 4.98 Å². The van der Waals surface area contributed by atoms with Crippen LogP contribution in [0.1, 0.15) is 16.7 Å². The number of aromatic nitrogens is 1. The van der Waals surface area contributed by atoms with Gasteiger partial charge in [0.15, 0.2) is 0 Å². The molecule has 1 aromatic carbocycles. The Balaban J connectivity index is 1.95. The summed E-state index contributed by atoms with van der Waals surface area (Å²) in [5.74, 6) is 0. The Bertz CT molecular complexity index is 1020. The molecule has 2 aromatic heterocycles. The monoisotopic (exact) mass is 348 g/mol. The zero-order valence-electron chi connectivity index (χ0n) is 12.7. The summed E-state index contributed by atoms with van der Waals surface area (Å²) in [7, 11) is -3.59. The molecule has 0 saturated carbocycles. The van der Waals surface area contributed by atoms with Crippen LogP contribution in [0.3, 0.4) is 0 Å². The molecule has 3 rings (SSSR count). The molecule has 0 bridgehead atoms. The lowest BCUT2D eigenvalue weighted by atomic mass is 10.0. The number of aryl methyl sites for hydroxylation is 2. The van der Waals surface area contributed by atoms with Gasteiger partial charge in [0, 0.05) is 23.0 Å². The molecule has 5 nitrogen and oxygen atoms in total. The van der Waals surface area contributed by atoms with E-state index in [9.17, 15) is 13.2 Å². The maximum atomic E-state index is 12.2. The maximum absolute atomic E-state index is 12.2. The fourth-order valence-corrected chi connectivity index (χ4v) is 4.55. The summed E-state index contributed by atoms with van der Waals surface area (Å²) in [4.78, 5) is 15.0. The second kappa shape index (κ2) is 5.92. The molecule has 0 amide bonds. The average Bonchev–Trinajstić information content (AvgIpc) is 3.00. The Hall–Kier alpha value is -1.96. The summed E-state index contributed by atoms with van der Waals surface area (Å²) < 4.78 is 27.0. The van der Waals surface area contributed by atoms with Crippen LogP contribution in [-0.2, 0) is 16.6 Å². The van der Waals surface area contributed by atoms with E-state index < -0.39 is 10.0 Å². The minimum Gasteiger partial charge on any atom is -0.322 e. The Kier molecular flexibility index (Phi) is 4.09. The highest BCUT2D eigenvalue weighted by molar-refractivity contribution is 7.91. The number of fused-ring (bicyclic) bond motifs is 1. The van der Waals surface area contributed by atoms with Gasteiger partial charge in [0.25, 0.3) is 5.56 Å². The Morgan fingerprint density at radius 1 is 1.22 bits per heavy atom. The molecule has 0 saturated heterocycles. The van der Waals surface area contributed by atoms with Crippen molar-refractivity contribution in [3.63, 3.8) is 0 Å². The molecule has 2 N–H and O–H groups in total. The fraction of sp³-hybridized carbons (Fsp3) is 0.188. The van der Waals surface area contributed by atoms with Crippen LogP contribution in [0.25, 0.3) is 10.9 Å². The SMILES string of the molecule is Cc1cc(C)c2cc(CNS(=O)(=O)c3cccs3)c(=O)[nH]c2c1. The van der Waals surface area contributed by atoms with Crippen molar-refractivity contribution in [1.82, 2.24) is 9.71 Å². The first-order valence-corrected chi connectivity index (χ1v) is 9.39. The summed E-state index contributed by atoms with van der Waals surface area (Å²) in [6.07, 6.45) is 0. The average molecular weight is 348 g/mol. The first-order chi connectivity index (χ1) is 10.9. The third-order valence-corrected chi connectivity index (χ3v) is 6.40. The maximum Gasteiger partial charge on any atom is 0.252 e. The molecule has 0 aliphatic carbocycles. The molecule has 0 aliphatic heterocycles. The van der Waals surface area contributed by atoms with Crippen molar-refractivity contribution in [2.24, 2.45) is 0 Å². The van der Waals surface area contributed by atoms with Crippen molar-refractivity contribution in [3.05, 3.63) is 62.8 Å². The van der Waals surface area contributed by atoms with Crippen LogP contribution < -0.4 is 10.3 Å². The lowest BCUT2D eigenvalue weighted by molar-refractivity contribution is 0.583. The van der Waals surface area contributed by atoms with Gasteiger partial charge in [-0.25, -0.2) is 13.1 Å². The van der Waals surface area contributed by atoms with E-state index in [-0.39, 0.29) is 16.3 Å². The second-order valence-corrected chi connectivity index (χ2v) is 8.36. The van der Waals surface area contributed by atoms with Gasteiger partial charge >= 0.3 is 0 Å². The minimum atomic E-state index is -3.59. The van der Waals surface area contributed by atoms with Gasteiger partial charge in [-0.2, -0.15) is 0 Å². The minimum absolute atomic E-state index is 0.0428. The lowest BCUT2D eigenvalue weighted by Crippen LogP contribution is -2.26. The van der Waals surface area contributed by atoms with E-state index in [1.165, 1.54) is 6.07 Å². The number of nitrogens with one attached hydrogen (secondary N) is 2. The fourth-order valence-electron chi connectivity index (χ4n) is 2.51. The Labute approximate surface area is 138 Å². The standard InChI is InChI=1S/C16H16N2O3S2/c1-10-6-11(2)13-8-12(16(19)18-14(13)7-10)9-17-23(20,21)15-4-3-5-22-15/h3-8,17H,9H2,1-2H3,(H,18,19). The van der Waals surface area contributed by atoms with Crippen molar-refractivity contribution < 1.29 is 8.42 Å². The van der Waals surface area contributed by atoms with Gasteiger partial charge in [0.1, 0.15) is 4.21 Å². The first-order valence-electron chi connectivity index (χ1n) is 7.03. The predicted octanol–water partition coefficient (Wildman–Crippen LogP) is 2.68. The predicted molar refractivity (Wildman–Crippen MR) is 92.4 cm³/mol. The van der Waals surface area contributed by atoms with E-state index in [2.05, 4.69) is 9.71 Å². The van der Waals surface area contributed by atoms with Crippen molar-refractivity contribution in [1.29, 1.82) is 0 Å². The zero-order chi connectivity index (χ0) is 16.6. The molecule has 3 aromatic rings. The zero-order valence-corrected chi connectivity index (χ0v) is 14.3. The number of rotatable bonds is 4. The molecule has 0 aliphatic rings. The molecule has 7 heteroatoms. The van der Waals surface area contributed by atoms with Crippen LogP contribution in [0.2, 0.25) is 0 Å². The van der Waals surface area contributed by atoms with Crippen LogP contribution >= 0.6 is 11.3 Å². The van der Waals surface area contributed by atoms with Crippen molar-refractivity contribution in [2.45, 2.75) is 24.6 Å². The summed E-state index contributed by atoms with van der Waals surface area (Å²) in [6.45, 7) is 3.89. The number of thiophene rings is 1. The van der Waals surface area contributed by atoms with Gasteiger partial charge in [0.05, 0.1) is 0 Å². The molecule has 23 heavy (non-hydrogen) atoms. The smallest absolute Gasteiger partial charge is 0.252 e. The molecule has 0 spiro atoms. The highest BCUT2D eigenvalue weighted by Crippen LogP contribution is 2.19. The number of hydrogen-bond donors (Lipinski definition) is 2. The highest BCUT2D eigenvalue weighted by Gasteiger charge is 2.15. The first kappa shape index (κ1) is 15.9. The van der Waals surface area contributed by atoms with Gasteiger partial charge in [-0.05, 0) is 48.6 Å². The van der Waals surface area contributed by atoms with Gasteiger partial charge in [0.2, 0.25) is 10.0 Å². The Morgan fingerprint density at radius 3 is 2.70 bits per heavy atom. The van der Waals surface area contributed by atoms with Gasteiger partial charge in [-0.15, -0.1) is 11.3 Å². The molecular formula is C16H16N2O3S2. The number of aromatic amines is 1. The second-order valence-electron chi connectivity index (χ2n) is 5.42. The topological polar surface area (TPSA) is 79.0 Å². The van der Waals surface area contributed by atoms with Crippen molar-refractivity contribution >= 4 is 32.3 Å². The summed E-state index contributed by atoms with van der Waals surface area (Å²) in [5, 5.41) is 2.61. The molecular weight excluding hydrogens is 332 g/mol. The van der Waals surface area contributed by atoms with E-state index in [4.69, 9.17) is 0 Å². The van der Waals surface area contributed by atoms with Gasteiger partial charge in [-0.1, -0.05) is 12.1 Å². The van der Waals surface area contributed by atoms with Gasteiger partial charge in [-0.3, -0.25) is 4.79 Å². The van der Waals surface area contributed by atoms with Crippen LogP contribution in [0.4, 0.5) is 0 Å². The van der Waals surface area contributed by atoms with E-state index in [1.54, 1.807) is 17.5 Å². The van der Waals surface area contributed by atoms with Crippen LogP contribution in [0, 0.1) is 13.8 Å². The number of pyridine rings is 1. The van der Waals surface area contributed by atoms with E-state index in [0.29, 0.717) is 5.56 Å². The normalized spacial score (nSPS) is 11.9. The third-order valence-electron chi connectivity index (χ3n) is 3.60. The van der Waals surface area contributed by atoms with Crippen LogP contribution in [0.5, 0.6) is 0 Å². The molecule has 0 fully saturated rings. The molecule has 2 heterocycles. The highest BCUT2D eigenvalue weighted by atomic mass is 32.2. The van der Waals surface area contributed by atoms with Crippen molar-refractivity contribution in [2.75, 3.05) is 0 Å². The number of hydrogen-bond acceptors (Lipinski definition) is 4. The lowest BCUT2D eigenvalue weighted by Gasteiger charge is -2.08. The summed E-state index contributed by atoms with van der Waals surface area (Å²) in [6, 6.07) is 8.89. The number of H-pyrrole nitrogens is 1. The molecule has 0 unspecified atom stereocenters. The van der Waals surface area contributed by atoms with Crippen LogP contribution in [-0.4, -0.2) is 13.4 Å². The summed E-state index contributed by atoms with van der Waals surface area (Å²) >= 11 is 1.14. The van der Waals surface area contributed by atoms with E-state index in [0.717, 1.165) is 33.4 Å². The molecule has 0 radical (unpaired) electrons. The third kappa shape index (κ3) is 3.21. The largest absolute Gasteiger partial charge is 0.322 e. The summed E-state index contributed by atoms with van der Waals surface area (Å²) in [5.41, 5.74) is 2.98. The van der Waals surface area contributed by atoms with Crippen LogP contribution in [0.15, 0.2) is 44.7 Å². The number of sulfonamides is 1. The quantitative estimate of drug-likeness (QED) is 0.761.